The summed E-state index contributed by atoms with van der Waals surface area (Å²) in [5, 5.41) is 0. The molecule has 0 N–H and O–H groups in total. The average Bonchev–Trinajstić information content (AvgIpc) is 2.30. The van der Waals surface area contributed by atoms with E-state index in [0.29, 0.717) is 19.3 Å². The molecule has 0 heterocycles. The SMILES string of the molecule is C=C(C(=O)OC1(CC)CCCCCCC1)C(F)(F)F. The van der Waals surface area contributed by atoms with Crippen LogP contribution in [0.3, 0.4) is 0 Å². The van der Waals surface area contributed by atoms with Crippen LogP contribution in [-0.4, -0.2) is 17.7 Å². The molecule has 1 aliphatic carbocycles. The van der Waals surface area contributed by atoms with E-state index in [1.165, 1.54) is 0 Å². The quantitative estimate of drug-likeness (QED) is 0.559. The average molecular weight is 278 g/mol. The fourth-order valence-electron chi connectivity index (χ4n) is 2.45. The lowest BCUT2D eigenvalue weighted by Gasteiger charge is -2.34. The van der Waals surface area contributed by atoms with E-state index >= 15 is 0 Å². The van der Waals surface area contributed by atoms with E-state index in [1.54, 1.807) is 0 Å². The molecule has 1 aliphatic rings. The molecule has 5 heteroatoms. The van der Waals surface area contributed by atoms with Gasteiger partial charge in [0, 0.05) is 0 Å². The van der Waals surface area contributed by atoms with Crippen LogP contribution in [0.5, 0.6) is 0 Å². The van der Waals surface area contributed by atoms with Crippen LogP contribution < -0.4 is 0 Å². The molecule has 1 rings (SSSR count). The Hall–Kier alpha value is -1.00. The zero-order chi connectivity index (χ0) is 14.5. The number of esters is 1. The van der Waals surface area contributed by atoms with Crippen LogP contribution in [0.1, 0.15) is 58.3 Å². The summed E-state index contributed by atoms with van der Waals surface area (Å²) < 4.78 is 42.5. The van der Waals surface area contributed by atoms with Crippen molar-refractivity contribution in [2.24, 2.45) is 0 Å². The lowest BCUT2D eigenvalue weighted by Crippen LogP contribution is -2.37. The molecule has 0 saturated heterocycles. The second-order valence-corrected chi connectivity index (χ2v) is 5.17. The molecule has 110 valence electrons. The Balaban J connectivity index is 2.73. The van der Waals surface area contributed by atoms with E-state index in [4.69, 9.17) is 4.74 Å². The highest BCUT2D eigenvalue weighted by atomic mass is 19.4. The van der Waals surface area contributed by atoms with Gasteiger partial charge >= 0.3 is 12.1 Å². The van der Waals surface area contributed by atoms with Crippen molar-refractivity contribution in [2.75, 3.05) is 0 Å². The second-order valence-electron chi connectivity index (χ2n) is 5.17. The highest BCUT2D eigenvalue weighted by molar-refractivity contribution is 5.89. The van der Waals surface area contributed by atoms with Crippen molar-refractivity contribution in [1.82, 2.24) is 0 Å². The molecule has 0 aromatic rings. The zero-order valence-electron chi connectivity index (χ0n) is 11.3. The lowest BCUT2D eigenvalue weighted by molar-refractivity contribution is -0.167. The maximum absolute atomic E-state index is 12.4. The van der Waals surface area contributed by atoms with Crippen molar-refractivity contribution in [3.05, 3.63) is 12.2 Å². The Morgan fingerprint density at radius 3 is 2.05 bits per heavy atom. The van der Waals surface area contributed by atoms with Gasteiger partial charge in [-0.05, 0) is 32.1 Å². The molecular formula is C14H21F3O2. The first-order chi connectivity index (χ1) is 8.81. The third-order valence-electron chi connectivity index (χ3n) is 3.81. The maximum atomic E-state index is 12.4. The molecule has 0 aliphatic heterocycles. The van der Waals surface area contributed by atoms with Crippen molar-refractivity contribution in [1.29, 1.82) is 0 Å². The van der Waals surface area contributed by atoms with Gasteiger partial charge < -0.3 is 4.74 Å². The normalized spacial score (nSPS) is 20.2. The minimum atomic E-state index is -4.71. The summed E-state index contributed by atoms with van der Waals surface area (Å²) >= 11 is 0. The second kappa shape index (κ2) is 6.44. The predicted octanol–water partition coefficient (Wildman–Crippen LogP) is 4.54. The van der Waals surface area contributed by atoms with Crippen molar-refractivity contribution in [2.45, 2.75) is 70.1 Å². The number of hydrogen-bond acceptors (Lipinski definition) is 2. The van der Waals surface area contributed by atoms with E-state index in [0.717, 1.165) is 32.1 Å². The van der Waals surface area contributed by atoms with Gasteiger partial charge in [-0.1, -0.05) is 32.8 Å². The topological polar surface area (TPSA) is 26.3 Å². The van der Waals surface area contributed by atoms with E-state index in [1.807, 2.05) is 6.92 Å². The van der Waals surface area contributed by atoms with Crippen molar-refractivity contribution < 1.29 is 22.7 Å². The summed E-state index contributed by atoms with van der Waals surface area (Å²) in [6, 6.07) is 0. The van der Waals surface area contributed by atoms with Gasteiger partial charge in [0.1, 0.15) is 11.2 Å². The molecule has 0 aromatic carbocycles. The van der Waals surface area contributed by atoms with Crippen LogP contribution in [0.4, 0.5) is 13.2 Å². The Labute approximate surface area is 112 Å². The minimum absolute atomic E-state index is 0.546. The van der Waals surface area contributed by atoms with E-state index < -0.39 is 23.3 Å². The van der Waals surface area contributed by atoms with Crippen LogP contribution in [0.2, 0.25) is 0 Å². The number of ether oxygens (including phenoxy) is 1. The molecule has 0 aromatic heterocycles. The Morgan fingerprint density at radius 1 is 1.16 bits per heavy atom. The van der Waals surface area contributed by atoms with E-state index in [9.17, 15) is 18.0 Å². The van der Waals surface area contributed by atoms with E-state index in [-0.39, 0.29) is 0 Å². The Kier molecular flexibility index (Phi) is 5.44. The smallest absolute Gasteiger partial charge is 0.422 e. The number of rotatable bonds is 3. The van der Waals surface area contributed by atoms with Crippen LogP contribution in [0.15, 0.2) is 12.2 Å². The molecule has 1 saturated carbocycles. The largest absolute Gasteiger partial charge is 0.456 e. The van der Waals surface area contributed by atoms with E-state index in [2.05, 4.69) is 6.58 Å². The van der Waals surface area contributed by atoms with Gasteiger partial charge in [-0.2, -0.15) is 13.2 Å². The molecule has 1 fully saturated rings. The molecule has 0 unspecified atom stereocenters. The summed E-state index contributed by atoms with van der Waals surface area (Å²) in [5.41, 5.74) is -2.16. The van der Waals surface area contributed by atoms with Crippen LogP contribution in [0, 0.1) is 0 Å². The molecule has 0 bridgehead atoms. The summed E-state index contributed by atoms with van der Waals surface area (Å²) in [6.07, 6.45) is 2.11. The molecule has 19 heavy (non-hydrogen) atoms. The standard InChI is InChI=1S/C14H21F3O2/c1-3-13(9-7-5-4-6-8-10-13)19-12(18)11(2)14(15,16)17/h2-10H2,1H3. The number of hydrogen-bond donors (Lipinski definition) is 0. The molecule has 2 nitrogen and oxygen atoms in total. The lowest BCUT2D eigenvalue weighted by atomic mass is 9.85. The Bertz CT molecular complexity index is 326. The first-order valence-electron chi connectivity index (χ1n) is 6.80. The van der Waals surface area contributed by atoms with Gasteiger partial charge in [0.15, 0.2) is 0 Å². The number of carbonyl (C=O) groups is 1. The van der Waals surface area contributed by atoms with Crippen molar-refractivity contribution in [3.8, 4) is 0 Å². The number of alkyl halides is 3. The van der Waals surface area contributed by atoms with Gasteiger partial charge in [0.05, 0.1) is 0 Å². The molecule has 0 amide bonds. The highest BCUT2D eigenvalue weighted by Crippen LogP contribution is 2.35. The van der Waals surface area contributed by atoms with Gasteiger partial charge in [0.2, 0.25) is 0 Å². The van der Waals surface area contributed by atoms with Gasteiger partial charge in [-0.25, -0.2) is 4.79 Å². The number of carbonyl (C=O) groups excluding carboxylic acids is 1. The fourth-order valence-corrected chi connectivity index (χ4v) is 2.45. The first-order valence-corrected chi connectivity index (χ1v) is 6.80. The van der Waals surface area contributed by atoms with Crippen molar-refractivity contribution >= 4 is 5.97 Å². The van der Waals surface area contributed by atoms with Crippen LogP contribution in [-0.2, 0) is 9.53 Å². The minimum Gasteiger partial charge on any atom is -0.456 e. The maximum Gasteiger partial charge on any atom is 0.422 e. The summed E-state index contributed by atoms with van der Waals surface area (Å²) in [4.78, 5) is 11.6. The Morgan fingerprint density at radius 2 is 1.63 bits per heavy atom. The molecule has 0 spiro atoms. The number of halogens is 3. The third-order valence-corrected chi connectivity index (χ3v) is 3.81. The van der Waals surface area contributed by atoms with Gasteiger partial charge in [0.25, 0.3) is 0 Å². The molecule has 0 radical (unpaired) electrons. The third kappa shape index (κ3) is 4.55. The van der Waals surface area contributed by atoms with Gasteiger partial charge in [-0.15, -0.1) is 0 Å². The van der Waals surface area contributed by atoms with Crippen molar-refractivity contribution in [3.63, 3.8) is 0 Å². The summed E-state index contributed by atoms with van der Waals surface area (Å²) in [7, 11) is 0. The molecule has 0 atom stereocenters. The van der Waals surface area contributed by atoms with Gasteiger partial charge in [-0.3, -0.25) is 0 Å². The highest BCUT2D eigenvalue weighted by Gasteiger charge is 2.41. The predicted molar refractivity (Wildman–Crippen MR) is 66.6 cm³/mol. The van der Waals surface area contributed by atoms with Crippen LogP contribution in [0.25, 0.3) is 0 Å². The summed E-state index contributed by atoms with van der Waals surface area (Å²) in [6.45, 7) is 4.65. The fraction of sp³-hybridized carbons (Fsp3) is 0.786. The summed E-state index contributed by atoms with van der Waals surface area (Å²) in [5.74, 6) is -1.32. The van der Waals surface area contributed by atoms with Crippen LogP contribution >= 0.6 is 0 Å². The molecular weight excluding hydrogens is 257 g/mol. The zero-order valence-corrected chi connectivity index (χ0v) is 11.3. The monoisotopic (exact) mass is 278 g/mol. The first kappa shape index (κ1) is 16.1.